The Balaban J connectivity index is 3.60. The average molecular weight is 1970 g/mol. The molecule has 0 aromatic carbocycles. The SMILES string of the molecule is CCCCCCCC[C@H](COCCOCCOCCOCCO[C@@H](CN)COCCOCCOCCOCCOC(CO)CO)OCCOCCOCCOCCOC[C@H](CO)OCCOCCOCCOCCOC[C@H](CN)OCCOCCOCCOCCOC[C@H](CS)OCCOCCOCCOCCOCCOCCOCCOCCOCCOCCOCCOCCO. The molecule has 0 spiro atoms. The van der Waals surface area contributed by atoms with Crippen molar-refractivity contribution in [1.29, 1.82) is 0 Å². The first-order valence-electron chi connectivity index (χ1n) is 48.0. The number of thiol groups is 1. The van der Waals surface area contributed by atoms with Crippen LogP contribution in [0.25, 0.3) is 0 Å². The van der Waals surface area contributed by atoms with E-state index < -0.39 is 12.2 Å². The largest absolute Gasteiger partial charge is 0.394 e. The van der Waals surface area contributed by atoms with Crippen LogP contribution in [0.15, 0.2) is 0 Å². The van der Waals surface area contributed by atoms with Gasteiger partial charge in [-0.3, -0.25) is 0 Å². The average Bonchev–Trinajstić information content (AvgIpc) is 1.00. The van der Waals surface area contributed by atoms with Gasteiger partial charge in [-0.25, -0.2) is 0 Å². The van der Waals surface area contributed by atoms with Gasteiger partial charge in [0.05, 0.1) is 500 Å². The Morgan fingerprint density at radius 1 is 0.173 bits per heavy atom. The fraction of sp³-hybridized carbons (Fsp3) is 1.00. The van der Waals surface area contributed by atoms with E-state index in [2.05, 4.69) is 19.6 Å². The van der Waals surface area contributed by atoms with E-state index in [0.29, 0.717) is 455 Å². The van der Waals surface area contributed by atoms with Gasteiger partial charge in [-0.1, -0.05) is 45.4 Å². The summed E-state index contributed by atoms with van der Waals surface area (Å²) in [6.07, 6.45) is 6.40. The van der Waals surface area contributed by atoms with Crippen molar-refractivity contribution in [1.82, 2.24) is 0 Å². The van der Waals surface area contributed by atoms with E-state index in [9.17, 15) is 5.11 Å². The molecule has 133 heavy (non-hydrogen) atoms. The van der Waals surface area contributed by atoms with E-state index in [1.165, 1.54) is 32.1 Å². The van der Waals surface area contributed by atoms with Gasteiger partial charge in [0, 0.05) is 18.8 Å². The molecule has 0 saturated carbocycles. The van der Waals surface area contributed by atoms with Crippen molar-refractivity contribution in [2.75, 3.05) is 495 Å². The number of rotatable bonds is 124. The van der Waals surface area contributed by atoms with Crippen LogP contribution in [0.4, 0.5) is 0 Å². The van der Waals surface area contributed by atoms with Gasteiger partial charge >= 0.3 is 0 Å². The quantitative estimate of drug-likeness (QED) is 0.0320. The molecule has 0 unspecified atom stereocenters. The van der Waals surface area contributed by atoms with Gasteiger partial charge in [-0.15, -0.1) is 0 Å². The molecular weight excluding hydrogens is 1790 g/mol. The van der Waals surface area contributed by atoms with Crippen LogP contribution in [-0.2, 0) is 175 Å². The van der Waals surface area contributed by atoms with E-state index in [1.54, 1.807) is 0 Å². The fourth-order valence-electron chi connectivity index (χ4n) is 10.6. The van der Waals surface area contributed by atoms with Gasteiger partial charge < -0.3 is 207 Å². The van der Waals surface area contributed by atoms with Gasteiger partial charge in [0.15, 0.2) is 0 Å². The highest BCUT2D eigenvalue weighted by Crippen LogP contribution is 2.12. The molecule has 43 nitrogen and oxygen atoms in total. The molecule has 0 aliphatic rings. The monoisotopic (exact) mass is 1970 g/mol. The van der Waals surface area contributed by atoms with Crippen molar-refractivity contribution >= 4 is 12.6 Å². The lowest BCUT2D eigenvalue weighted by molar-refractivity contribution is -0.0721. The third-order valence-electron chi connectivity index (χ3n) is 17.8. The molecule has 5 atom stereocenters. The first-order valence-corrected chi connectivity index (χ1v) is 48.7. The molecule has 0 radical (unpaired) electrons. The summed E-state index contributed by atoms with van der Waals surface area (Å²) >= 11 is 4.38. The molecule has 0 bridgehead atoms. The Labute approximate surface area is 799 Å². The summed E-state index contributed by atoms with van der Waals surface area (Å²) in [5, 5.41) is 36.3. The van der Waals surface area contributed by atoms with Crippen molar-refractivity contribution in [3.05, 3.63) is 0 Å². The molecule has 0 fully saturated rings. The van der Waals surface area contributed by atoms with E-state index in [0.717, 1.165) is 12.8 Å². The Bertz CT molecular complexity index is 2080. The number of unbranched alkanes of at least 4 members (excludes halogenated alkanes) is 5. The second-order valence-corrected chi connectivity index (χ2v) is 29.1. The predicted octanol–water partition coefficient (Wildman–Crippen LogP) is 0.379. The molecule has 0 saturated heterocycles. The van der Waals surface area contributed by atoms with Crippen molar-refractivity contribution in [2.24, 2.45) is 11.5 Å². The predicted molar refractivity (Wildman–Crippen MR) is 492 cm³/mol. The van der Waals surface area contributed by atoms with Crippen molar-refractivity contribution in [3.8, 4) is 0 Å². The third-order valence-corrected chi connectivity index (χ3v) is 18.2. The Hall–Kier alpha value is -1.37. The highest BCUT2D eigenvalue weighted by molar-refractivity contribution is 7.80. The van der Waals surface area contributed by atoms with Crippen LogP contribution in [0, 0.1) is 0 Å². The maximum atomic E-state index is 9.75. The first-order chi connectivity index (χ1) is 66.0. The molecule has 0 heterocycles. The maximum absolute atomic E-state index is 9.75. The summed E-state index contributed by atoms with van der Waals surface area (Å²) < 4.78 is 207. The van der Waals surface area contributed by atoms with Gasteiger partial charge in [0.2, 0.25) is 0 Å². The highest BCUT2D eigenvalue weighted by Gasteiger charge is 2.15. The van der Waals surface area contributed by atoms with Gasteiger partial charge in [-0.05, 0) is 6.42 Å². The normalized spacial score (nSPS) is 13.2. The number of ether oxygens (including phenoxy) is 37. The minimum atomic E-state index is -0.581. The minimum Gasteiger partial charge on any atom is -0.394 e. The number of hydrogen-bond acceptors (Lipinski definition) is 44. The standard InChI is InChI=1S/C89H182N2O41S/c1-2-3-4-5-6-7-8-84(78-122-56-51-111-34-29-107-40-46-117-62-68-128-85(73-90)79-123-57-52-112-35-30-109-42-48-119-64-70-130-87(75-93)76-94)127-67-61-116-45-39-106-32-37-114-54-59-125-81-88(77-95)131-71-65-120-49-43-110-31-36-113-53-58-124-80-86(74-91)129-69-63-118-47-41-108-33-38-115-55-60-126-82-89(83-133)132-72-66-121-50-44-105-28-27-104-26-25-103-24-23-102-22-21-101-20-19-100-18-17-99-16-15-98-14-13-97-12-11-96-10-9-92/h84-89,92-95,133H,2-83,90-91H2,1H3/t84-,85+,86+,88+,89-/m1/s1. The summed E-state index contributed by atoms with van der Waals surface area (Å²) in [5.74, 6) is 0.513. The van der Waals surface area contributed by atoms with Crippen molar-refractivity contribution in [2.45, 2.75) is 88.5 Å². The Kier molecular flexibility index (Phi) is 118. The number of hydrogen-bond donors (Lipinski definition) is 7. The first kappa shape index (κ1) is 132. The van der Waals surface area contributed by atoms with Gasteiger partial charge in [-0.2, -0.15) is 12.6 Å². The lowest BCUT2D eigenvalue weighted by Gasteiger charge is -2.18. The second kappa shape index (κ2) is 119. The summed E-state index contributed by atoms with van der Waals surface area (Å²) in [6, 6.07) is 0. The molecule has 800 valence electrons. The zero-order valence-electron chi connectivity index (χ0n) is 80.9. The van der Waals surface area contributed by atoms with Crippen molar-refractivity contribution in [3.63, 3.8) is 0 Å². The van der Waals surface area contributed by atoms with Crippen LogP contribution in [0.3, 0.4) is 0 Å². The number of nitrogens with two attached hydrogens (primary N) is 2. The van der Waals surface area contributed by atoms with Gasteiger partial charge in [0.1, 0.15) is 12.2 Å². The Morgan fingerprint density at radius 3 is 0.541 bits per heavy atom. The fourth-order valence-corrected chi connectivity index (χ4v) is 10.8. The molecule has 0 aromatic heterocycles. The molecule has 0 amide bonds. The smallest absolute Gasteiger partial charge is 0.104 e. The molecular formula is C89H182N2O41S. The summed E-state index contributed by atoms with van der Waals surface area (Å²) in [4.78, 5) is 0. The third kappa shape index (κ3) is 109. The van der Waals surface area contributed by atoms with E-state index in [1.807, 2.05) is 0 Å². The van der Waals surface area contributed by atoms with Crippen LogP contribution < -0.4 is 11.5 Å². The van der Waals surface area contributed by atoms with E-state index >= 15 is 0 Å². The number of aliphatic hydroxyl groups excluding tert-OH is 4. The second-order valence-electron chi connectivity index (χ2n) is 28.7. The molecule has 0 rings (SSSR count). The molecule has 0 aliphatic carbocycles. The van der Waals surface area contributed by atoms with E-state index in [4.69, 9.17) is 202 Å². The summed E-state index contributed by atoms with van der Waals surface area (Å²) in [7, 11) is 0. The zero-order valence-corrected chi connectivity index (χ0v) is 81.8. The summed E-state index contributed by atoms with van der Waals surface area (Å²) in [6.45, 7) is 31.0. The molecule has 44 heteroatoms. The topological polar surface area (TPSA) is 474 Å². The van der Waals surface area contributed by atoms with Gasteiger partial charge in [0.25, 0.3) is 0 Å². The zero-order chi connectivity index (χ0) is 95.6. The van der Waals surface area contributed by atoms with Crippen LogP contribution in [-0.4, -0.2) is 552 Å². The Morgan fingerprint density at radius 2 is 0.331 bits per heavy atom. The van der Waals surface area contributed by atoms with Crippen LogP contribution in [0.1, 0.15) is 51.9 Å². The highest BCUT2D eigenvalue weighted by atomic mass is 32.1. The molecule has 0 aliphatic heterocycles. The van der Waals surface area contributed by atoms with Crippen LogP contribution >= 0.6 is 12.6 Å². The molecule has 0 aromatic rings. The van der Waals surface area contributed by atoms with Crippen molar-refractivity contribution < 1.29 is 196 Å². The maximum Gasteiger partial charge on any atom is 0.104 e. The van der Waals surface area contributed by atoms with Crippen LogP contribution in [0.5, 0.6) is 0 Å². The van der Waals surface area contributed by atoms with E-state index in [-0.39, 0.29) is 64.1 Å². The van der Waals surface area contributed by atoms with Crippen LogP contribution in [0.2, 0.25) is 0 Å². The number of aliphatic hydroxyl groups is 4. The molecule has 8 N–H and O–H groups in total. The lowest BCUT2D eigenvalue weighted by atomic mass is 10.1. The lowest BCUT2D eigenvalue weighted by Crippen LogP contribution is -2.30. The summed E-state index contributed by atoms with van der Waals surface area (Å²) in [5.41, 5.74) is 11.7. The minimum absolute atomic E-state index is 0.0117.